The average Bonchev–Trinajstić information content (AvgIpc) is 3.23. The minimum atomic E-state index is -0.510. The number of amides is 2. The third-order valence-corrected chi connectivity index (χ3v) is 5.26. The van der Waals surface area contributed by atoms with Crippen LogP contribution < -0.4 is 15.4 Å². The number of hydrogen-bond donors (Lipinski definition) is 2. The standard InChI is InChI=1S/C22H23N5O3S/c1-14(2)16-5-7-17(8-6-16)20-26-27-22(31-20)25-21(28)24-18-12-15(13-23)4-9-19(18)30-11-10-29-3/h4-9,12,14H,10-11H2,1-3H3,(H2,24,25,27,28). The summed E-state index contributed by atoms with van der Waals surface area (Å²) >= 11 is 1.27. The molecular formula is C22H23N5O3S. The Morgan fingerprint density at radius 3 is 2.58 bits per heavy atom. The number of urea groups is 1. The van der Waals surface area contributed by atoms with E-state index in [0.717, 1.165) is 5.56 Å². The highest BCUT2D eigenvalue weighted by Crippen LogP contribution is 2.29. The number of anilines is 2. The lowest BCUT2D eigenvalue weighted by Gasteiger charge is -2.12. The van der Waals surface area contributed by atoms with Gasteiger partial charge in [0.2, 0.25) is 5.13 Å². The van der Waals surface area contributed by atoms with E-state index in [2.05, 4.69) is 46.8 Å². The van der Waals surface area contributed by atoms with E-state index >= 15 is 0 Å². The van der Waals surface area contributed by atoms with Gasteiger partial charge in [0.15, 0.2) is 0 Å². The summed E-state index contributed by atoms with van der Waals surface area (Å²) in [5.74, 6) is 0.890. The van der Waals surface area contributed by atoms with Crippen LogP contribution in [0.5, 0.6) is 5.75 Å². The Morgan fingerprint density at radius 2 is 1.90 bits per heavy atom. The van der Waals surface area contributed by atoms with Crippen molar-refractivity contribution in [1.82, 2.24) is 10.2 Å². The molecule has 31 heavy (non-hydrogen) atoms. The number of carbonyl (C=O) groups is 1. The third kappa shape index (κ3) is 6.01. The number of carbonyl (C=O) groups excluding carboxylic acids is 1. The van der Waals surface area contributed by atoms with Gasteiger partial charge in [0.05, 0.1) is 23.9 Å². The number of benzene rings is 2. The van der Waals surface area contributed by atoms with Crippen LogP contribution in [0.2, 0.25) is 0 Å². The first kappa shape index (κ1) is 22.2. The van der Waals surface area contributed by atoms with E-state index in [0.29, 0.717) is 46.3 Å². The second-order valence-electron chi connectivity index (χ2n) is 6.93. The van der Waals surface area contributed by atoms with Crippen LogP contribution in [0.3, 0.4) is 0 Å². The zero-order chi connectivity index (χ0) is 22.2. The summed E-state index contributed by atoms with van der Waals surface area (Å²) < 4.78 is 10.6. The van der Waals surface area contributed by atoms with E-state index in [1.54, 1.807) is 25.3 Å². The van der Waals surface area contributed by atoms with Crippen LogP contribution in [-0.2, 0) is 4.74 Å². The minimum Gasteiger partial charge on any atom is -0.489 e. The maximum atomic E-state index is 12.5. The van der Waals surface area contributed by atoms with E-state index in [1.807, 2.05) is 18.2 Å². The van der Waals surface area contributed by atoms with Gasteiger partial charge in [0.1, 0.15) is 17.4 Å². The van der Waals surface area contributed by atoms with Crippen molar-refractivity contribution in [3.05, 3.63) is 53.6 Å². The van der Waals surface area contributed by atoms with E-state index in [1.165, 1.54) is 16.9 Å². The van der Waals surface area contributed by atoms with Crippen molar-refractivity contribution in [1.29, 1.82) is 5.26 Å². The van der Waals surface area contributed by atoms with E-state index < -0.39 is 6.03 Å². The summed E-state index contributed by atoms with van der Waals surface area (Å²) in [5, 5.41) is 23.8. The number of hydrogen-bond acceptors (Lipinski definition) is 7. The maximum absolute atomic E-state index is 12.5. The van der Waals surface area contributed by atoms with Crippen molar-refractivity contribution >= 4 is 28.2 Å². The first-order valence-electron chi connectivity index (χ1n) is 9.68. The largest absolute Gasteiger partial charge is 0.489 e. The molecule has 2 aromatic carbocycles. The van der Waals surface area contributed by atoms with Gasteiger partial charge >= 0.3 is 6.03 Å². The van der Waals surface area contributed by atoms with Crippen molar-refractivity contribution in [3.63, 3.8) is 0 Å². The molecule has 8 nitrogen and oxygen atoms in total. The summed E-state index contributed by atoms with van der Waals surface area (Å²) in [4.78, 5) is 12.5. The molecule has 1 heterocycles. The number of methoxy groups -OCH3 is 1. The molecule has 0 radical (unpaired) electrons. The molecule has 3 aromatic rings. The fourth-order valence-electron chi connectivity index (χ4n) is 2.71. The molecule has 0 aliphatic rings. The van der Waals surface area contributed by atoms with E-state index in [9.17, 15) is 4.79 Å². The summed E-state index contributed by atoms with van der Waals surface area (Å²) in [7, 11) is 1.57. The third-order valence-electron chi connectivity index (χ3n) is 4.37. The molecule has 9 heteroatoms. The number of nitrogens with one attached hydrogen (secondary N) is 2. The Labute approximate surface area is 184 Å². The highest BCUT2D eigenvalue weighted by atomic mass is 32.1. The molecule has 3 rings (SSSR count). The summed E-state index contributed by atoms with van der Waals surface area (Å²) in [6, 6.07) is 14.5. The van der Waals surface area contributed by atoms with Gasteiger partial charge in [0, 0.05) is 12.7 Å². The molecule has 0 fully saturated rings. The van der Waals surface area contributed by atoms with Crippen LogP contribution in [-0.4, -0.2) is 36.6 Å². The Kier molecular flexibility index (Phi) is 7.54. The van der Waals surface area contributed by atoms with Crippen molar-refractivity contribution in [2.75, 3.05) is 31.0 Å². The van der Waals surface area contributed by atoms with Crippen LogP contribution in [0, 0.1) is 11.3 Å². The number of nitriles is 1. The highest BCUT2D eigenvalue weighted by Gasteiger charge is 2.13. The van der Waals surface area contributed by atoms with Gasteiger partial charge in [-0.15, -0.1) is 10.2 Å². The first-order chi connectivity index (χ1) is 15.0. The Morgan fingerprint density at radius 1 is 1.13 bits per heavy atom. The van der Waals surface area contributed by atoms with Crippen molar-refractivity contribution in [2.24, 2.45) is 0 Å². The summed E-state index contributed by atoms with van der Waals surface area (Å²) in [5.41, 5.74) is 2.96. The first-order valence-corrected chi connectivity index (χ1v) is 10.5. The quantitative estimate of drug-likeness (QED) is 0.487. The number of rotatable bonds is 8. The van der Waals surface area contributed by atoms with E-state index in [-0.39, 0.29) is 0 Å². The molecule has 0 spiro atoms. The van der Waals surface area contributed by atoms with Crippen LogP contribution in [0.4, 0.5) is 15.6 Å². The topological polar surface area (TPSA) is 109 Å². The molecule has 0 saturated heterocycles. The van der Waals surface area contributed by atoms with Gasteiger partial charge < -0.3 is 14.8 Å². The van der Waals surface area contributed by atoms with Crippen LogP contribution >= 0.6 is 11.3 Å². The lowest BCUT2D eigenvalue weighted by atomic mass is 10.0. The van der Waals surface area contributed by atoms with Crippen LogP contribution in [0.25, 0.3) is 10.6 Å². The monoisotopic (exact) mass is 437 g/mol. The van der Waals surface area contributed by atoms with Gasteiger partial charge in [-0.05, 0) is 29.7 Å². The van der Waals surface area contributed by atoms with Gasteiger partial charge in [-0.25, -0.2) is 4.79 Å². The normalized spacial score (nSPS) is 10.5. The fourth-order valence-corrected chi connectivity index (χ4v) is 3.45. The number of aromatic nitrogens is 2. The fraction of sp³-hybridized carbons (Fsp3) is 0.273. The lowest BCUT2D eigenvalue weighted by Crippen LogP contribution is -2.20. The molecule has 1 aromatic heterocycles. The predicted molar refractivity (Wildman–Crippen MR) is 121 cm³/mol. The Bertz CT molecular complexity index is 1070. The van der Waals surface area contributed by atoms with Gasteiger partial charge in [-0.3, -0.25) is 5.32 Å². The molecule has 0 saturated carbocycles. The molecule has 0 atom stereocenters. The second kappa shape index (κ2) is 10.5. The maximum Gasteiger partial charge on any atom is 0.325 e. The average molecular weight is 438 g/mol. The molecule has 0 aliphatic heterocycles. The molecule has 160 valence electrons. The summed E-state index contributed by atoms with van der Waals surface area (Å²) in [6.07, 6.45) is 0. The van der Waals surface area contributed by atoms with Crippen molar-refractivity contribution in [3.8, 4) is 22.4 Å². The Balaban J connectivity index is 1.68. The second-order valence-corrected chi connectivity index (χ2v) is 7.91. The molecular weight excluding hydrogens is 414 g/mol. The molecule has 0 aliphatic carbocycles. The molecule has 0 unspecified atom stereocenters. The molecule has 2 N–H and O–H groups in total. The van der Waals surface area contributed by atoms with Crippen LogP contribution in [0.15, 0.2) is 42.5 Å². The number of ether oxygens (including phenoxy) is 2. The minimum absolute atomic E-state index is 0.314. The smallest absolute Gasteiger partial charge is 0.325 e. The Hall–Kier alpha value is -3.48. The molecule has 2 amide bonds. The zero-order valence-electron chi connectivity index (χ0n) is 17.5. The molecule has 0 bridgehead atoms. The van der Waals surface area contributed by atoms with E-state index in [4.69, 9.17) is 14.7 Å². The van der Waals surface area contributed by atoms with Gasteiger partial charge in [-0.1, -0.05) is 49.4 Å². The zero-order valence-corrected chi connectivity index (χ0v) is 18.3. The summed E-state index contributed by atoms with van der Waals surface area (Å²) in [6.45, 7) is 4.99. The van der Waals surface area contributed by atoms with Gasteiger partial charge in [0.25, 0.3) is 0 Å². The van der Waals surface area contributed by atoms with Crippen LogP contribution in [0.1, 0.15) is 30.9 Å². The van der Waals surface area contributed by atoms with Gasteiger partial charge in [-0.2, -0.15) is 5.26 Å². The predicted octanol–water partition coefficient (Wildman–Crippen LogP) is 4.87. The lowest BCUT2D eigenvalue weighted by molar-refractivity contribution is 0.146. The SMILES string of the molecule is COCCOc1ccc(C#N)cc1NC(=O)Nc1nnc(-c2ccc(C(C)C)cc2)s1. The van der Waals surface area contributed by atoms with Crippen molar-refractivity contribution in [2.45, 2.75) is 19.8 Å². The number of nitrogens with zero attached hydrogens (tertiary/aromatic N) is 3. The highest BCUT2D eigenvalue weighted by molar-refractivity contribution is 7.18. The van der Waals surface area contributed by atoms with Crippen molar-refractivity contribution < 1.29 is 14.3 Å².